The average Bonchev–Trinajstić information content (AvgIpc) is 3.49. The van der Waals surface area contributed by atoms with E-state index in [1.165, 1.54) is 51.4 Å². The number of anilines is 2. The first-order chi connectivity index (χ1) is 19.2. The van der Waals surface area contributed by atoms with E-state index in [1.807, 2.05) is 0 Å². The van der Waals surface area contributed by atoms with E-state index >= 15 is 0 Å². The first-order valence-corrected chi connectivity index (χ1v) is 14.4. The number of hydrogen-bond donors (Lipinski definition) is 0. The predicted molar refractivity (Wildman–Crippen MR) is 160 cm³/mol. The molecule has 2 heterocycles. The first kappa shape index (κ1) is 22.9. The lowest BCUT2D eigenvalue weighted by atomic mass is 9.75. The maximum absolute atomic E-state index is 6.80. The van der Waals surface area contributed by atoms with Gasteiger partial charge in [0.1, 0.15) is 11.4 Å². The van der Waals surface area contributed by atoms with Crippen LogP contribution in [0.5, 0.6) is 0 Å². The van der Waals surface area contributed by atoms with Crippen molar-refractivity contribution in [2.24, 2.45) is 5.92 Å². The van der Waals surface area contributed by atoms with Gasteiger partial charge in [-0.25, -0.2) is 0 Å². The van der Waals surface area contributed by atoms with Gasteiger partial charge in [-0.05, 0) is 78.3 Å². The fraction of sp³-hybridized carbons (Fsp3) is 0.243. The minimum atomic E-state index is -0.235. The molecule has 192 valence electrons. The molecular weight excluding hydrogens is 474 g/mol. The van der Waals surface area contributed by atoms with Gasteiger partial charge in [-0.1, -0.05) is 97.1 Å². The summed E-state index contributed by atoms with van der Waals surface area (Å²) in [4.78, 5) is 2.54. The molecule has 0 saturated heterocycles. The van der Waals surface area contributed by atoms with E-state index in [1.54, 1.807) is 0 Å². The largest absolute Gasteiger partial charge is 0.486 e. The van der Waals surface area contributed by atoms with Crippen LogP contribution in [0.4, 0.5) is 11.4 Å². The second kappa shape index (κ2) is 8.74. The van der Waals surface area contributed by atoms with E-state index in [2.05, 4.69) is 133 Å². The number of allylic oxidation sites excluding steroid dienone is 5. The summed E-state index contributed by atoms with van der Waals surface area (Å²) in [5.41, 5.74) is 9.18. The van der Waals surface area contributed by atoms with Crippen LogP contribution in [0, 0.1) is 5.92 Å². The molecule has 4 unspecified atom stereocenters. The third-order valence-electron chi connectivity index (χ3n) is 9.44. The van der Waals surface area contributed by atoms with Gasteiger partial charge in [0.2, 0.25) is 0 Å². The lowest BCUT2D eigenvalue weighted by Crippen LogP contribution is -2.31. The molecule has 0 bridgehead atoms. The summed E-state index contributed by atoms with van der Waals surface area (Å²) in [5, 5.41) is 0. The van der Waals surface area contributed by atoms with Crippen molar-refractivity contribution in [3.8, 4) is 11.1 Å². The van der Waals surface area contributed by atoms with Gasteiger partial charge in [0.25, 0.3) is 0 Å². The minimum absolute atomic E-state index is 0.235. The lowest BCUT2D eigenvalue weighted by molar-refractivity contribution is 0.0576. The summed E-state index contributed by atoms with van der Waals surface area (Å²) < 4.78 is 6.80. The van der Waals surface area contributed by atoms with Crippen LogP contribution in [-0.2, 0) is 4.74 Å². The highest BCUT2D eigenvalue weighted by Crippen LogP contribution is 2.54. The molecule has 3 aromatic rings. The zero-order chi connectivity index (χ0) is 26.0. The van der Waals surface area contributed by atoms with Crippen LogP contribution in [0.1, 0.15) is 49.1 Å². The van der Waals surface area contributed by atoms with E-state index in [-0.39, 0.29) is 11.6 Å². The van der Waals surface area contributed by atoms with Crippen molar-refractivity contribution in [2.45, 2.75) is 49.7 Å². The van der Waals surface area contributed by atoms with Gasteiger partial charge in [0.15, 0.2) is 0 Å². The number of nitrogens with zero attached hydrogens (tertiary/aromatic N) is 1. The second-order valence-corrected chi connectivity index (χ2v) is 11.7. The molecule has 0 spiro atoms. The molecule has 2 aliphatic heterocycles. The van der Waals surface area contributed by atoms with Gasteiger partial charge in [-0.2, -0.15) is 0 Å². The number of fused-ring (bicyclic) bond motifs is 5. The first-order valence-electron chi connectivity index (χ1n) is 14.4. The number of ether oxygens (including phenoxy) is 1. The predicted octanol–water partition coefficient (Wildman–Crippen LogP) is 9.14. The summed E-state index contributed by atoms with van der Waals surface area (Å²) in [7, 11) is 0. The Labute approximate surface area is 231 Å². The van der Waals surface area contributed by atoms with Gasteiger partial charge < -0.3 is 9.64 Å². The third kappa shape index (κ3) is 3.54. The van der Waals surface area contributed by atoms with Crippen molar-refractivity contribution >= 4 is 11.4 Å². The van der Waals surface area contributed by atoms with Crippen LogP contribution in [-0.4, -0.2) is 11.6 Å². The highest BCUT2D eigenvalue weighted by Gasteiger charge is 2.47. The van der Waals surface area contributed by atoms with Crippen molar-refractivity contribution < 1.29 is 4.74 Å². The Hall–Kier alpha value is -4.04. The van der Waals surface area contributed by atoms with E-state index in [0.717, 1.165) is 12.8 Å². The highest BCUT2D eigenvalue weighted by molar-refractivity contribution is 5.79. The van der Waals surface area contributed by atoms with E-state index in [4.69, 9.17) is 4.74 Å². The summed E-state index contributed by atoms with van der Waals surface area (Å²) in [5.74, 6) is 2.29. The molecule has 5 aliphatic rings. The highest BCUT2D eigenvalue weighted by atomic mass is 16.5. The SMILES string of the molecule is CC12C=CC=CC1C1=C(O2)[C@H](c2ccc3c(c2)C2C=CC=CC2N3c2cccc(-c3ccccc3)c2)CCC1. The Morgan fingerprint density at radius 1 is 0.821 bits per heavy atom. The summed E-state index contributed by atoms with van der Waals surface area (Å²) in [6.07, 6.45) is 21.6. The quantitative estimate of drug-likeness (QED) is 0.350. The van der Waals surface area contributed by atoms with Crippen molar-refractivity contribution in [3.63, 3.8) is 0 Å². The summed E-state index contributed by atoms with van der Waals surface area (Å²) in [6.45, 7) is 2.25. The van der Waals surface area contributed by atoms with E-state index in [9.17, 15) is 0 Å². The van der Waals surface area contributed by atoms with Crippen molar-refractivity contribution in [1.82, 2.24) is 0 Å². The average molecular weight is 508 g/mol. The topological polar surface area (TPSA) is 12.5 Å². The molecule has 3 aromatic carbocycles. The van der Waals surface area contributed by atoms with Gasteiger partial charge in [0, 0.05) is 29.1 Å². The Morgan fingerprint density at radius 3 is 2.59 bits per heavy atom. The molecule has 0 amide bonds. The molecule has 0 N–H and O–H groups in total. The zero-order valence-electron chi connectivity index (χ0n) is 22.3. The molecule has 2 nitrogen and oxygen atoms in total. The summed E-state index contributed by atoms with van der Waals surface area (Å²) in [6, 6.07) is 27.2. The van der Waals surface area contributed by atoms with Crippen LogP contribution in [0.15, 0.2) is 133 Å². The maximum atomic E-state index is 6.80. The number of hydrogen-bond acceptors (Lipinski definition) is 2. The Balaban J connectivity index is 1.19. The molecule has 0 saturated carbocycles. The Morgan fingerprint density at radius 2 is 1.67 bits per heavy atom. The van der Waals surface area contributed by atoms with Crippen LogP contribution >= 0.6 is 0 Å². The van der Waals surface area contributed by atoms with Crippen molar-refractivity contribution in [2.75, 3.05) is 4.90 Å². The molecule has 0 radical (unpaired) electrons. The van der Waals surface area contributed by atoms with Crippen LogP contribution in [0.3, 0.4) is 0 Å². The molecule has 3 aliphatic carbocycles. The standard InChI is InChI=1S/C37H33NO/c1-37-22-8-7-18-33(37)31-17-10-16-29(36(31)39-37)27-20-21-35-32(24-27)30-15-5-6-19-34(30)38(35)28-14-9-13-26(23-28)25-11-3-2-4-12-25/h2-9,11-15,18-24,29-30,33-34H,10,16-17H2,1H3/t29-,30?,33?,34?,37?/m0/s1. The van der Waals surface area contributed by atoms with Crippen molar-refractivity contribution in [1.29, 1.82) is 0 Å². The molecule has 8 rings (SSSR count). The minimum Gasteiger partial charge on any atom is -0.486 e. The van der Waals surface area contributed by atoms with E-state index < -0.39 is 0 Å². The fourth-order valence-electron chi connectivity index (χ4n) is 7.59. The second-order valence-electron chi connectivity index (χ2n) is 11.7. The molecule has 0 fully saturated rings. The van der Waals surface area contributed by atoms with Gasteiger partial charge in [0.05, 0.1) is 6.04 Å². The summed E-state index contributed by atoms with van der Waals surface area (Å²) >= 11 is 0. The fourth-order valence-corrected chi connectivity index (χ4v) is 7.59. The molecule has 2 heteroatoms. The van der Waals surface area contributed by atoms with Gasteiger partial charge in [-0.15, -0.1) is 0 Å². The number of rotatable bonds is 3. The molecule has 0 aromatic heterocycles. The molecule has 5 atom stereocenters. The van der Waals surface area contributed by atoms with Crippen LogP contribution < -0.4 is 4.90 Å². The Kier molecular flexibility index (Phi) is 5.13. The van der Waals surface area contributed by atoms with Crippen LogP contribution in [0.2, 0.25) is 0 Å². The van der Waals surface area contributed by atoms with Crippen LogP contribution in [0.25, 0.3) is 11.1 Å². The maximum Gasteiger partial charge on any atom is 0.134 e. The van der Waals surface area contributed by atoms with Gasteiger partial charge >= 0.3 is 0 Å². The zero-order valence-corrected chi connectivity index (χ0v) is 22.3. The smallest absolute Gasteiger partial charge is 0.134 e. The Bertz CT molecular complexity index is 1610. The normalized spacial score (nSPS) is 29.6. The molecular formula is C37H33NO. The number of benzene rings is 3. The van der Waals surface area contributed by atoms with Gasteiger partial charge in [-0.3, -0.25) is 0 Å². The lowest BCUT2D eigenvalue weighted by Gasteiger charge is -2.30. The van der Waals surface area contributed by atoms with Crippen molar-refractivity contribution in [3.05, 3.63) is 144 Å². The van der Waals surface area contributed by atoms with E-state index in [0.29, 0.717) is 17.8 Å². The third-order valence-corrected chi connectivity index (χ3v) is 9.44. The molecule has 39 heavy (non-hydrogen) atoms. The monoisotopic (exact) mass is 507 g/mol.